The van der Waals surface area contributed by atoms with Gasteiger partial charge in [0.25, 0.3) is 5.91 Å². The molecule has 0 unspecified atom stereocenters. The van der Waals surface area contributed by atoms with E-state index in [0.717, 1.165) is 22.4 Å². The molecule has 11 heteroatoms. The van der Waals surface area contributed by atoms with Crippen LogP contribution in [0.25, 0.3) is 0 Å². The molecule has 3 amide bonds. The highest BCUT2D eigenvalue weighted by molar-refractivity contribution is 8.00. The third kappa shape index (κ3) is 7.37. The number of para-hydroxylation sites is 1. The van der Waals surface area contributed by atoms with Gasteiger partial charge in [-0.05, 0) is 69.4 Å². The van der Waals surface area contributed by atoms with Gasteiger partial charge in [0, 0.05) is 34.7 Å². The van der Waals surface area contributed by atoms with Crippen LogP contribution in [0.4, 0.5) is 0 Å². The van der Waals surface area contributed by atoms with E-state index in [1.165, 1.54) is 16.7 Å². The zero-order valence-corrected chi connectivity index (χ0v) is 27.4. The number of thioether (sulfide) groups is 1. The highest BCUT2D eigenvalue weighted by atomic mass is 32.2. The Hall–Kier alpha value is -3.93. The van der Waals surface area contributed by atoms with Crippen molar-refractivity contribution in [2.24, 2.45) is 5.92 Å². The van der Waals surface area contributed by atoms with E-state index in [9.17, 15) is 24.6 Å². The third-order valence-electron chi connectivity index (χ3n) is 8.86. The molecule has 4 N–H and O–H groups in total. The van der Waals surface area contributed by atoms with Gasteiger partial charge in [0.15, 0.2) is 0 Å². The fourth-order valence-electron chi connectivity index (χ4n) is 6.21. The van der Waals surface area contributed by atoms with Crippen LogP contribution in [0, 0.1) is 19.8 Å². The van der Waals surface area contributed by atoms with Crippen molar-refractivity contribution in [2.45, 2.75) is 76.1 Å². The molecule has 2 aliphatic heterocycles. The van der Waals surface area contributed by atoms with Crippen molar-refractivity contribution in [1.82, 2.24) is 20.5 Å². The van der Waals surface area contributed by atoms with Crippen molar-refractivity contribution in [2.75, 3.05) is 12.5 Å². The largest absolute Gasteiger partial charge is 0.490 e. The number of carbonyl (C=O) groups is 3. The van der Waals surface area contributed by atoms with Gasteiger partial charge in [-0.15, -0.1) is 11.8 Å². The summed E-state index contributed by atoms with van der Waals surface area (Å²) >= 11 is 1.46. The summed E-state index contributed by atoms with van der Waals surface area (Å²) in [5.74, 6) is -1.30. The lowest BCUT2D eigenvalue weighted by Crippen LogP contribution is -2.55. The maximum atomic E-state index is 13.8. The molecule has 2 aliphatic rings. The quantitative estimate of drug-likeness (QED) is 0.263. The molecule has 1 fully saturated rings. The van der Waals surface area contributed by atoms with E-state index < -0.39 is 46.8 Å². The van der Waals surface area contributed by atoms with Crippen LogP contribution in [0.1, 0.15) is 54.3 Å². The number of benzene rings is 2. The maximum absolute atomic E-state index is 13.8. The Morgan fingerprint density at radius 3 is 2.54 bits per heavy atom. The zero-order chi connectivity index (χ0) is 33.0. The molecule has 244 valence electrons. The Labute approximate surface area is 273 Å². The Balaban J connectivity index is 1.32. The van der Waals surface area contributed by atoms with E-state index in [0.29, 0.717) is 11.3 Å². The number of carbonyl (C=O) groups excluding carboxylic acids is 3. The predicted molar refractivity (Wildman–Crippen MR) is 176 cm³/mol. The molecule has 1 saturated heterocycles. The van der Waals surface area contributed by atoms with Gasteiger partial charge in [0.05, 0.1) is 11.9 Å². The first-order chi connectivity index (χ1) is 22.0. The number of hydrogen-bond acceptors (Lipinski definition) is 8. The fourth-order valence-corrected chi connectivity index (χ4v) is 7.35. The number of aryl methyl sites for hydroxylation is 2. The topological polar surface area (TPSA) is 141 Å². The van der Waals surface area contributed by atoms with Gasteiger partial charge >= 0.3 is 0 Å². The Morgan fingerprint density at radius 2 is 1.80 bits per heavy atom. The Morgan fingerprint density at radius 1 is 1.09 bits per heavy atom. The zero-order valence-electron chi connectivity index (χ0n) is 26.6. The van der Waals surface area contributed by atoms with E-state index in [4.69, 9.17) is 4.74 Å². The summed E-state index contributed by atoms with van der Waals surface area (Å²) in [6.07, 6.45) is -0.662. The molecule has 0 saturated carbocycles. The number of aromatic nitrogens is 1. The summed E-state index contributed by atoms with van der Waals surface area (Å²) in [5.41, 5.74) is 4.28. The van der Waals surface area contributed by atoms with Crippen LogP contribution in [0.2, 0.25) is 0 Å². The number of aliphatic hydroxyl groups excluding tert-OH is 2. The molecule has 5 atom stereocenters. The minimum absolute atomic E-state index is 0.0260. The smallest absolute Gasteiger partial charge is 0.252 e. The second kappa shape index (κ2) is 14.2. The van der Waals surface area contributed by atoms with Gasteiger partial charge in [-0.25, -0.2) is 0 Å². The van der Waals surface area contributed by atoms with Gasteiger partial charge in [0.1, 0.15) is 30.6 Å². The van der Waals surface area contributed by atoms with E-state index in [2.05, 4.69) is 15.6 Å². The molecule has 2 aromatic carbocycles. The molecule has 0 bridgehead atoms. The summed E-state index contributed by atoms with van der Waals surface area (Å²) in [6.45, 7) is 7.96. The fraction of sp³-hybridized carbons (Fsp3) is 0.429. The summed E-state index contributed by atoms with van der Waals surface area (Å²) in [6, 6.07) is 16.9. The van der Waals surface area contributed by atoms with Gasteiger partial charge < -0.3 is 30.5 Å². The average Bonchev–Trinajstić information content (AvgIpc) is 3.36. The van der Waals surface area contributed by atoms with Crippen LogP contribution in [0.3, 0.4) is 0 Å². The number of fused-ring (bicyclic) bond motifs is 1. The van der Waals surface area contributed by atoms with Crippen molar-refractivity contribution in [3.05, 3.63) is 94.8 Å². The lowest BCUT2D eigenvalue weighted by Gasteiger charge is -2.33. The van der Waals surface area contributed by atoms with Gasteiger partial charge in [-0.2, -0.15) is 0 Å². The van der Waals surface area contributed by atoms with E-state index >= 15 is 0 Å². The highest BCUT2D eigenvalue weighted by Gasteiger charge is 2.49. The first-order valence-electron chi connectivity index (χ1n) is 15.5. The van der Waals surface area contributed by atoms with Crippen molar-refractivity contribution < 1.29 is 29.3 Å². The van der Waals surface area contributed by atoms with Crippen LogP contribution >= 0.6 is 11.8 Å². The van der Waals surface area contributed by atoms with Gasteiger partial charge in [-0.3, -0.25) is 19.4 Å². The summed E-state index contributed by atoms with van der Waals surface area (Å²) < 4.78 is 5.02. The summed E-state index contributed by atoms with van der Waals surface area (Å²) in [7, 11) is 0. The lowest BCUT2D eigenvalue weighted by molar-refractivity contribution is -0.147. The molecular weight excluding hydrogens is 604 g/mol. The molecule has 3 aromatic rings. The van der Waals surface area contributed by atoms with Crippen molar-refractivity contribution in [3.8, 4) is 5.75 Å². The molecule has 1 aromatic heterocycles. The predicted octanol–water partition coefficient (Wildman–Crippen LogP) is 3.22. The molecule has 0 spiro atoms. The monoisotopic (exact) mass is 646 g/mol. The van der Waals surface area contributed by atoms with Crippen LogP contribution in [-0.4, -0.2) is 73.3 Å². The number of ether oxygens (including phenoxy) is 1. The standard InChI is InChI=1S/C35H42N4O6S/c1-21-14-15-36-22(2)26(21)18-37-33(43)31-35(3,4)46-20-39(31)34(44)27(40)17-24(16-23-10-6-5-7-11-23)32(42)38-30-25-12-8-9-13-29(25)45-19-28(30)41/h5-15,24,27-28,30-31,40-41H,16-20H2,1-4H3,(H,37,43)(H,38,42)/t24-,27+,28-,30+,31-/m1/s1. The number of pyridine rings is 1. The molecular formula is C35H42N4O6S. The van der Waals surface area contributed by atoms with Crippen molar-refractivity contribution in [3.63, 3.8) is 0 Å². The number of hydrogen-bond donors (Lipinski definition) is 4. The summed E-state index contributed by atoms with van der Waals surface area (Å²) in [5, 5.41) is 28.0. The van der Waals surface area contributed by atoms with Crippen molar-refractivity contribution >= 4 is 29.5 Å². The normalized spacial score (nSPS) is 21.4. The number of nitrogens with one attached hydrogen (secondary N) is 2. The highest BCUT2D eigenvalue weighted by Crippen LogP contribution is 2.40. The average molecular weight is 647 g/mol. The van der Waals surface area contributed by atoms with E-state index in [-0.39, 0.29) is 37.8 Å². The van der Waals surface area contributed by atoms with Crippen LogP contribution < -0.4 is 15.4 Å². The molecule has 3 heterocycles. The van der Waals surface area contributed by atoms with Crippen molar-refractivity contribution in [1.29, 1.82) is 0 Å². The SMILES string of the molecule is Cc1ccnc(C)c1CNC(=O)[C@H]1N(C(=O)[C@@H](O)C[C@@H](Cc2ccccc2)C(=O)N[C@H]2c3ccccc3OC[C@H]2O)CSC1(C)C. The molecule has 0 aliphatic carbocycles. The van der Waals surface area contributed by atoms with Crippen LogP contribution in [0.15, 0.2) is 66.9 Å². The van der Waals surface area contributed by atoms with Crippen LogP contribution in [-0.2, 0) is 27.3 Å². The first kappa shape index (κ1) is 33.4. The minimum atomic E-state index is -1.53. The number of nitrogens with zero attached hydrogens (tertiary/aromatic N) is 2. The minimum Gasteiger partial charge on any atom is -0.490 e. The maximum Gasteiger partial charge on any atom is 0.252 e. The van der Waals surface area contributed by atoms with Gasteiger partial charge in [-0.1, -0.05) is 48.5 Å². The third-order valence-corrected chi connectivity index (χ3v) is 10.2. The van der Waals surface area contributed by atoms with E-state index in [1.807, 2.05) is 76.2 Å². The molecule has 46 heavy (non-hydrogen) atoms. The van der Waals surface area contributed by atoms with Crippen LogP contribution in [0.5, 0.6) is 5.75 Å². The number of aliphatic hydroxyl groups is 2. The number of amides is 3. The summed E-state index contributed by atoms with van der Waals surface area (Å²) in [4.78, 5) is 47.0. The van der Waals surface area contributed by atoms with Gasteiger partial charge in [0.2, 0.25) is 11.8 Å². The van der Waals surface area contributed by atoms with E-state index in [1.54, 1.807) is 18.3 Å². The lowest BCUT2D eigenvalue weighted by atomic mass is 9.90. The molecule has 0 radical (unpaired) electrons. The second-order valence-corrected chi connectivity index (χ2v) is 14.1. The Kier molecular flexibility index (Phi) is 10.3. The molecule has 10 nitrogen and oxygen atoms in total. The Bertz CT molecular complexity index is 1550. The number of rotatable bonds is 10. The first-order valence-corrected chi connectivity index (χ1v) is 16.5. The molecule has 5 rings (SSSR count). The second-order valence-electron chi connectivity index (χ2n) is 12.5.